The number of sulfonamides is 1. The van der Waals surface area contributed by atoms with Gasteiger partial charge in [0.1, 0.15) is 17.4 Å². The molecular formula is C23H24ClFN4O6S. The zero-order chi connectivity index (χ0) is 26.6. The van der Waals surface area contributed by atoms with E-state index in [-0.39, 0.29) is 65.8 Å². The van der Waals surface area contributed by atoms with E-state index in [9.17, 15) is 32.8 Å². The normalized spacial score (nSPS) is 14.2. The summed E-state index contributed by atoms with van der Waals surface area (Å²) in [6.45, 7) is 2.28. The fourth-order valence-corrected chi connectivity index (χ4v) is 5.65. The van der Waals surface area contributed by atoms with Gasteiger partial charge in [0, 0.05) is 24.0 Å². The molecule has 1 aliphatic heterocycles. The van der Waals surface area contributed by atoms with Gasteiger partial charge in [-0.15, -0.1) is 0 Å². The van der Waals surface area contributed by atoms with Crippen molar-refractivity contribution in [1.82, 2.24) is 9.71 Å². The predicted octanol–water partition coefficient (Wildman–Crippen LogP) is 2.88. The van der Waals surface area contributed by atoms with Crippen LogP contribution in [-0.4, -0.2) is 50.6 Å². The number of carbonyl (C=O) groups is 2. The van der Waals surface area contributed by atoms with Crippen molar-refractivity contribution in [3.8, 4) is 11.9 Å². The molecule has 1 aliphatic rings. The molecule has 1 saturated heterocycles. The Labute approximate surface area is 212 Å². The van der Waals surface area contributed by atoms with Crippen LogP contribution in [0.2, 0.25) is 5.02 Å². The predicted molar refractivity (Wildman–Crippen MR) is 129 cm³/mol. The number of hydrogen-bond donors (Lipinski definition) is 2. The van der Waals surface area contributed by atoms with Crippen molar-refractivity contribution in [3.63, 3.8) is 0 Å². The van der Waals surface area contributed by atoms with Crippen molar-refractivity contribution >= 4 is 39.3 Å². The van der Waals surface area contributed by atoms with Gasteiger partial charge >= 0.3 is 5.97 Å². The molecule has 1 aromatic carbocycles. The Bertz CT molecular complexity index is 1340. The number of carbonyl (C=O) groups excluding carboxylic acids is 1. The molecule has 0 unspecified atom stereocenters. The van der Waals surface area contributed by atoms with Gasteiger partial charge < -0.3 is 14.7 Å². The summed E-state index contributed by atoms with van der Waals surface area (Å²) in [7, 11) is -2.78. The molecule has 1 aromatic heterocycles. The first kappa shape index (κ1) is 27.2. The lowest BCUT2D eigenvalue weighted by atomic mass is 9.95. The Morgan fingerprint density at radius 1 is 1.36 bits per heavy atom. The van der Waals surface area contributed by atoms with E-state index in [1.807, 2.05) is 6.07 Å². The Kier molecular flexibility index (Phi) is 8.37. The van der Waals surface area contributed by atoms with Crippen molar-refractivity contribution in [3.05, 3.63) is 51.3 Å². The molecule has 3 rings (SSSR count). The van der Waals surface area contributed by atoms with Crippen LogP contribution in [0.25, 0.3) is 0 Å². The maximum Gasteiger partial charge on any atom is 0.341 e. The van der Waals surface area contributed by atoms with Crippen LogP contribution in [0, 0.1) is 23.1 Å². The van der Waals surface area contributed by atoms with E-state index < -0.39 is 39.4 Å². The number of halogens is 2. The monoisotopic (exact) mass is 538 g/mol. The third kappa shape index (κ3) is 5.85. The molecule has 2 N–H and O–H groups in total. The standard InChI is InChI=1S/C23H24ClFN4O6S/c1-3-16-17(11-26)20(27-22(35-2)19(16)23(31)32)29-8-6-13(7-9-29)21(30)28-36(33,34)12-14-4-5-15(25)10-18(14)24/h4-5,10,13H,3,6-9,12H2,1-2H3,(H,28,30)(H,31,32). The number of carboxylic acid groups (broad SMARTS) is 1. The maximum atomic E-state index is 13.2. The average Bonchev–Trinajstić information content (AvgIpc) is 2.83. The van der Waals surface area contributed by atoms with E-state index in [1.54, 1.807) is 11.8 Å². The van der Waals surface area contributed by atoms with Crippen LogP contribution in [0.15, 0.2) is 18.2 Å². The van der Waals surface area contributed by atoms with Gasteiger partial charge in [0.25, 0.3) is 0 Å². The lowest BCUT2D eigenvalue weighted by Gasteiger charge is -2.33. The first-order chi connectivity index (χ1) is 17.0. The number of pyridine rings is 1. The van der Waals surface area contributed by atoms with Crippen LogP contribution in [-0.2, 0) is 27.0 Å². The third-order valence-corrected chi connectivity index (χ3v) is 7.46. The second-order valence-corrected chi connectivity index (χ2v) is 10.3. The van der Waals surface area contributed by atoms with Gasteiger partial charge in [-0.1, -0.05) is 24.6 Å². The zero-order valence-electron chi connectivity index (χ0n) is 19.5. The van der Waals surface area contributed by atoms with Crippen LogP contribution in [0.3, 0.4) is 0 Å². The molecule has 13 heteroatoms. The minimum atomic E-state index is -4.07. The van der Waals surface area contributed by atoms with Gasteiger partial charge in [0.15, 0.2) is 5.82 Å². The molecule has 0 bridgehead atoms. The van der Waals surface area contributed by atoms with E-state index in [4.69, 9.17) is 16.3 Å². The van der Waals surface area contributed by atoms with E-state index >= 15 is 0 Å². The number of nitrogens with one attached hydrogen (secondary N) is 1. The molecule has 2 aromatic rings. The molecule has 10 nitrogen and oxygen atoms in total. The quantitative estimate of drug-likeness (QED) is 0.517. The Hall–Kier alpha value is -3.43. The second-order valence-electron chi connectivity index (χ2n) is 8.17. The number of nitrogens with zero attached hydrogens (tertiary/aromatic N) is 3. The van der Waals surface area contributed by atoms with Gasteiger partial charge in [0.05, 0.1) is 18.4 Å². The topological polar surface area (TPSA) is 150 Å². The molecule has 192 valence electrons. The molecule has 1 amide bonds. The number of aromatic carboxylic acids is 1. The van der Waals surface area contributed by atoms with Gasteiger partial charge in [-0.05, 0) is 42.5 Å². The molecule has 0 aliphatic carbocycles. The molecule has 0 radical (unpaired) electrons. The van der Waals surface area contributed by atoms with Crippen molar-refractivity contribution in [2.24, 2.45) is 5.92 Å². The Morgan fingerprint density at radius 3 is 2.56 bits per heavy atom. The van der Waals surface area contributed by atoms with E-state index in [0.717, 1.165) is 12.1 Å². The summed E-state index contributed by atoms with van der Waals surface area (Å²) in [5, 5.41) is 19.3. The smallest absolute Gasteiger partial charge is 0.341 e. The van der Waals surface area contributed by atoms with E-state index in [1.165, 1.54) is 13.2 Å². The Morgan fingerprint density at radius 2 is 2.03 bits per heavy atom. The number of amides is 1. The average molecular weight is 539 g/mol. The van der Waals surface area contributed by atoms with Crippen molar-refractivity contribution in [2.45, 2.75) is 31.9 Å². The number of rotatable bonds is 8. The Balaban J connectivity index is 1.73. The van der Waals surface area contributed by atoms with Crippen LogP contribution in [0.5, 0.6) is 5.88 Å². The first-order valence-corrected chi connectivity index (χ1v) is 13.0. The van der Waals surface area contributed by atoms with Crippen LogP contribution >= 0.6 is 11.6 Å². The highest BCUT2D eigenvalue weighted by Crippen LogP contribution is 2.33. The van der Waals surface area contributed by atoms with Crippen molar-refractivity contribution in [1.29, 1.82) is 5.26 Å². The summed E-state index contributed by atoms with van der Waals surface area (Å²) in [6, 6.07) is 5.36. The molecule has 1 fully saturated rings. The minimum Gasteiger partial charge on any atom is -0.480 e. The largest absolute Gasteiger partial charge is 0.480 e. The van der Waals surface area contributed by atoms with E-state index in [2.05, 4.69) is 9.71 Å². The highest BCUT2D eigenvalue weighted by atomic mass is 35.5. The number of benzene rings is 1. The molecule has 0 spiro atoms. The molecular weight excluding hydrogens is 515 g/mol. The van der Waals surface area contributed by atoms with Gasteiger partial charge in [0.2, 0.25) is 21.8 Å². The maximum absolute atomic E-state index is 13.2. The lowest BCUT2D eigenvalue weighted by Crippen LogP contribution is -2.43. The van der Waals surface area contributed by atoms with Crippen molar-refractivity contribution in [2.75, 3.05) is 25.1 Å². The summed E-state index contributed by atoms with van der Waals surface area (Å²) < 4.78 is 45.4. The van der Waals surface area contributed by atoms with Crippen LogP contribution in [0.4, 0.5) is 10.2 Å². The molecule has 0 saturated carbocycles. The number of anilines is 1. The van der Waals surface area contributed by atoms with Crippen LogP contribution in [0.1, 0.15) is 46.8 Å². The van der Waals surface area contributed by atoms with Gasteiger partial charge in [-0.3, -0.25) is 9.52 Å². The third-order valence-electron chi connectivity index (χ3n) is 5.90. The van der Waals surface area contributed by atoms with Crippen LogP contribution < -0.4 is 14.4 Å². The molecule has 36 heavy (non-hydrogen) atoms. The summed E-state index contributed by atoms with van der Waals surface area (Å²) >= 11 is 5.90. The number of piperidine rings is 1. The summed E-state index contributed by atoms with van der Waals surface area (Å²) in [4.78, 5) is 30.4. The summed E-state index contributed by atoms with van der Waals surface area (Å²) in [5.41, 5.74) is 0.421. The van der Waals surface area contributed by atoms with E-state index in [0.29, 0.717) is 5.56 Å². The number of carboxylic acids is 1. The first-order valence-electron chi connectivity index (χ1n) is 11.0. The molecule has 0 atom stereocenters. The fraction of sp³-hybridized carbons (Fsp3) is 0.391. The number of ether oxygens (including phenoxy) is 1. The molecule has 2 heterocycles. The fourth-order valence-electron chi connectivity index (χ4n) is 4.13. The number of methoxy groups -OCH3 is 1. The number of hydrogen-bond acceptors (Lipinski definition) is 8. The summed E-state index contributed by atoms with van der Waals surface area (Å²) in [5.74, 6) is -3.58. The highest BCUT2D eigenvalue weighted by molar-refractivity contribution is 7.89. The van der Waals surface area contributed by atoms with Crippen molar-refractivity contribution < 1.29 is 32.2 Å². The zero-order valence-corrected chi connectivity index (χ0v) is 21.1. The SMILES string of the molecule is CCc1c(C#N)c(N2CCC(C(=O)NS(=O)(=O)Cc3ccc(F)cc3Cl)CC2)nc(OC)c1C(=O)O. The minimum absolute atomic E-state index is 0.0577. The second kappa shape index (κ2) is 11.1. The number of nitriles is 1. The summed E-state index contributed by atoms with van der Waals surface area (Å²) in [6.07, 6.45) is 0.816. The number of aromatic nitrogens is 1. The van der Waals surface area contributed by atoms with Gasteiger partial charge in [-0.2, -0.15) is 10.2 Å². The highest BCUT2D eigenvalue weighted by Gasteiger charge is 2.32. The van der Waals surface area contributed by atoms with Gasteiger partial charge in [-0.25, -0.2) is 17.6 Å². The lowest BCUT2D eigenvalue weighted by molar-refractivity contribution is -0.123.